The van der Waals surface area contributed by atoms with E-state index in [1.165, 1.54) is 0 Å². The molecular formula is C10H16ClN3O. The van der Waals surface area contributed by atoms with Gasteiger partial charge in [0.05, 0.1) is 16.4 Å². The topological polar surface area (TPSA) is 46.9 Å². The van der Waals surface area contributed by atoms with Gasteiger partial charge < -0.3 is 5.32 Å². The number of hydrogen-bond donors (Lipinski definition) is 1. The van der Waals surface area contributed by atoms with E-state index in [1.807, 2.05) is 27.7 Å². The molecule has 0 fully saturated rings. The van der Waals surface area contributed by atoms with Gasteiger partial charge in [-0.05, 0) is 27.7 Å². The molecule has 0 bridgehead atoms. The van der Waals surface area contributed by atoms with E-state index in [-0.39, 0.29) is 18.5 Å². The summed E-state index contributed by atoms with van der Waals surface area (Å²) in [4.78, 5) is 11.5. The first kappa shape index (κ1) is 12.0. The van der Waals surface area contributed by atoms with E-state index in [4.69, 9.17) is 11.6 Å². The maximum Gasteiger partial charge on any atom is 0.241 e. The maximum absolute atomic E-state index is 11.5. The number of nitrogens with one attached hydrogen (secondary N) is 1. The van der Waals surface area contributed by atoms with Gasteiger partial charge in [0.1, 0.15) is 6.54 Å². The van der Waals surface area contributed by atoms with Gasteiger partial charge in [-0.2, -0.15) is 5.10 Å². The molecule has 4 nitrogen and oxygen atoms in total. The Bertz CT molecular complexity index is 371. The first-order chi connectivity index (χ1) is 6.91. The summed E-state index contributed by atoms with van der Waals surface area (Å²) in [7, 11) is 0. The highest BCUT2D eigenvalue weighted by molar-refractivity contribution is 6.31. The molecule has 0 aliphatic rings. The third-order valence-corrected chi connectivity index (χ3v) is 2.58. The van der Waals surface area contributed by atoms with E-state index in [0.29, 0.717) is 5.02 Å². The van der Waals surface area contributed by atoms with Gasteiger partial charge in [-0.3, -0.25) is 9.48 Å². The van der Waals surface area contributed by atoms with Crippen LogP contribution in [0.5, 0.6) is 0 Å². The predicted octanol–water partition coefficient (Wildman–Crippen LogP) is 1.68. The first-order valence-electron chi connectivity index (χ1n) is 4.90. The van der Waals surface area contributed by atoms with E-state index in [1.54, 1.807) is 4.68 Å². The smallest absolute Gasteiger partial charge is 0.241 e. The van der Waals surface area contributed by atoms with Gasteiger partial charge in [0.15, 0.2) is 0 Å². The van der Waals surface area contributed by atoms with Crippen LogP contribution in [-0.2, 0) is 11.3 Å². The maximum atomic E-state index is 11.5. The Morgan fingerprint density at radius 2 is 2.13 bits per heavy atom. The van der Waals surface area contributed by atoms with Crippen LogP contribution in [0, 0.1) is 13.8 Å². The van der Waals surface area contributed by atoms with Gasteiger partial charge >= 0.3 is 0 Å². The molecule has 1 rings (SSSR count). The van der Waals surface area contributed by atoms with Crippen LogP contribution >= 0.6 is 11.6 Å². The normalized spacial score (nSPS) is 10.8. The van der Waals surface area contributed by atoms with Gasteiger partial charge in [0.2, 0.25) is 5.91 Å². The van der Waals surface area contributed by atoms with Crippen LogP contribution in [0.25, 0.3) is 0 Å². The summed E-state index contributed by atoms with van der Waals surface area (Å²) in [6.07, 6.45) is 0. The number of nitrogens with zero attached hydrogens (tertiary/aromatic N) is 2. The van der Waals surface area contributed by atoms with Crippen molar-refractivity contribution in [2.24, 2.45) is 0 Å². The molecule has 0 atom stereocenters. The van der Waals surface area contributed by atoms with Crippen molar-refractivity contribution in [1.29, 1.82) is 0 Å². The molecule has 0 unspecified atom stereocenters. The number of amides is 1. The van der Waals surface area contributed by atoms with E-state index in [2.05, 4.69) is 10.4 Å². The minimum absolute atomic E-state index is 0.0488. The molecular weight excluding hydrogens is 214 g/mol. The summed E-state index contributed by atoms with van der Waals surface area (Å²) in [5.41, 5.74) is 1.58. The summed E-state index contributed by atoms with van der Waals surface area (Å²) in [6, 6.07) is 0.143. The molecule has 0 spiro atoms. The molecule has 0 aliphatic carbocycles. The van der Waals surface area contributed by atoms with Crippen LogP contribution in [0.1, 0.15) is 25.2 Å². The van der Waals surface area contributed by atoms with Gasteiger partial charge in [0, 0.05) is 6.04 Å². The number of carbonyl (C=O) groups excluding carboxylic acids is 1. The molecule has 1 heterocycles. The Balaban J connectivity index is 2.73. The second-order valence-corrected chi connectivity index (χ2v) is 4.24. The number of hydrogen-bond acceptors (Lipinski definition) is 2. The van der Waals surface area contributed by atoms with Gasteiger partial charge in [0.25, 0.3) is 0 Å². The van der Waals surface area contributed by atoms with Crippen LogP contribution in [0.3, 0.4) is 0 Å². The summed E-state index contributed by atoms with van der Waals surface area (Å²) < 4.78 is 1.62. The van der Waals surface area contributed by atoms with E-state index in [0.717, 1.165) is 11.4 Å². The third-order valence-electron chi connectivity index (χ3n) is 2.04. The highest BCUT2D eigenvalue weighted by atomic mass is 35.5. The highest BCUT2D eigenvalue weighted by Gasteiger charge is 2.12. The monoisotopic (exact) mass is 229 g/mol. The van der Waals surface area contributed by atoms with Crippen LogP contribution in [0.15, 0.2) is 0 Å². The molecule has 0 radical (unpaired) electrons. The fourth-order valence-corrected chi connectivity index (χ4v) is 1.47. The van der Waals surface area contributed by atoms with Crippen molar-refractivity contribution in [3.05, 3.63) is 16.4 Å². The summed E-state index contributed by atoms with van der Waals surface area (Å²) in [5, 5.41) is 7.62. The number of aryl methyl sites for hydroxylation is 1. The molecule has 5 heteroatoms. The summed E-state index contributed by atoms with van der Waals surface area (Å²) >= 11 is 5.97. The zero-order valence-corrected chi connectivity index (χ0v) is 10.2. The van der Waals surface area contributed by atoms with Crippen LogP contribution in [0.4, 0.5) is 0 Å². The Kier molecular flexibility index (Phi) is 3.74. The summed E-state index contributed by atoms with van der Waals surface area (Å²) in [6.45, 7) is 7.74. The van der Waals surface area contributed by atoms with E-state index < -0.39 is 0 Å². The van der Waals surface area contributed by atoms with Crippen molar-refractivity contribution < 1.29 is 4.79 Å². The average molecular weight is 230 g/mol. The highest BCUT2D eigenvalue weighted by Crippen LogP contribution is 2.18. The average Bonchev–Trinajstić information content (AvgIpc) is 2.32. The molecule has 1 aromatic rings. The van der Waals surface area contributed by atoms with Crippen molar-refractivity contribution in [2.45, 2.75) is 40.3 Å². The standard InChI is InChI=1S/C10H16ClN3O/c1-6(2)12-9(15)5-14-8(4)10(11)7(3)13-14/h6H,5H2,1-4H3,(H,12,15). The lowest BCUT2D eigenvalue weighted by atomic mass is 10.4. The van der Waals surface area contributed by atoms with Crippen molar-refractivity contribution in [1.82, 2.24) is 15.1 Å². The fraction of sp³-hybridized carbons (Fsp3) is 0.600. The zero-order valence-electron chi connectivity index (χ0n) is 9.47. The Hall–Kier alpha value is -1.03. The lowest BCUT2D eigenvalue weighted by Crippen LogP contribution is -2.33. The van der Waals surface area contributed by atoms with E-state index in [9.17, 15) is 4.79 Å². The lowest BCUT2D eigenvalue weighted by Gasteiger charge is -2.09. The van der Waals surface area contributed by atoms with Gasteiger partial charge in [-0.1, -0.05) is 11.6 Å². The third kappa shape index (κ3) is 2.96. The quantitative estimate of drug-likeness (QED) is 0.857. The van der Waals surface area contributed by atoms with Gasteiger partial charge in [-0.15, -0.1) is 0 Å². The second kappa shape index (κ2) is 4.66. The van der Waals surface area contributed by atoms with Crippen molar-refractivity contribution in [3.63, 3.8) is 0 Å². The number of carbonyl (C=O) groups is 1. The Morgan fingerprint density at radius 3 is 2.53 bits per heavy atom. The largest absolute Gasteiger partial charge is 0.352 e. The first-order valence-corrected chi connectivity index (χ1v) is 5.28. The zero-order chi connectivity index (χ0) is 11.6. The molecule has 1 N–H and O–H groups in total. The second-order valence-electron chi connectivity index (χ2n) is 3.86. The molecule has 0 saturated carbocycles. The van der Waals surface area contributed by atoms with Crippen LogP contribution < -0.4 is 5.32 Å². The Labute approximate surface area is 94.6 Å². The molecule has 0 aromatic carbocycles. The van der Waals surface area contributed by atoms with Crippen molar-refractivity contribution >= 4 is 17.5 Å². The predicted molar refractivity (Wildman–Crippen MR) is 60.0 cm³/mol. The van der Waals surface area contributed by atoms with Crippen molar-refractivity contribution in [3.8, 4) is 0 Å². The number of rotatable bonds is 3. The summed E-state index contributed by atoms with van der Waals surface area (Å²) in [5.74, 6) is -0.0488. The molecule has 1 amide bonds. The number of aromatic nitrogens is 2. The molecule has 15 heavy (non-hydrogen) atoms. The Morgan fingerprint density at radius 1 is 1.53 bits per heavy atom. The van der Waals surface area contributed by atoms with Gasteiger partial charge in [-0.25, -0.2) is 0 Å². The lowest BCUT2D eigenvalue weighted by molar-refractivity contribution is -0.122. The van der Waals surface area contributed by atoms with Crippen LogP contribution in [0.2, 0.25) is 5.02 Å². The fourth-order valence-electron chi connectivity index (χ4n) is 1.33. The molecule has 84 valence electrons. The van der Waals surface area contributed by atoms with Crippen LogP contribution in [-0.4, -0.2) is 21.7 Å². The molecule has 0 saturated heterocycles. The molecule has 0 aliphatic heterocycles. The SMILES string of the molecule is Cc1nn(CC(=O)NC(C)C)c(C)c1Cl. The minimum Gasteiger partial charge on any atom is -0.352 e. The molecule has 1 aromatic heterocycles. The van der Waals surface area contributed by atoms with Crippen molar-refractivity contribution in [2.75, 3.05) is 0 Å². The van der Waals surface area contributed by atoms with E-state index >= 15 is 0 Å². The number of halogens is 1. The minimum atomic E-state index is -0.0488.